The van der Waals surface area contributed by atoms with Gasteiger partial charge in [0, 0.05) is 17.8 Å². The zero-order chi connectivity index (χ0) is 15.6. The molecule has 0 saturated carbocycles. The topological polar surface area (TPSA) is 75.4 Å². The first-order valence-corrected chi connectivity index (χ1v) is 8.14. The van der Waals surface area contributed by atoms with Crippen molar-refractivity contribution in [1.82, 2.24) is 9.62 Å². The first kappa shape index (κ1) is 16.9. The Labute approximate surface area is 122 Å². The Morgan fingerprint density at radius 1 is 1.30 bits per heavy atom. The van der Waals surface area contributed by atoms with E-state index in [0.717, 1.165) is 5.56 Å². The third-order valence-electron chi connectivity index (χ3n) is 3.67. The minimum absolute atomic E-state index is 0.264. The quantitative estimate of drug-likeness (QED) is 0.780. The fourth-order valence-corrected chi connectivity index (χ4v) is 3.17. The number of anilines is 1. The fourth-order valence-electron chi connectivity index (χ4n) is 1.62. The normalized spacial score (nSPS) is 12.9. The van der Waals surface area contributed by atoms with Crippen molar-refractivity contribution >= 4 is 15.7 Å². The van der Waals surface area contributed by atoms with Crippen LogP contribution in [0.2, 0.25) is 0 Å². The Kier molecular flexibility index (Phi) is 5.18. The van der Waals surface area contributed by atoms with Crippen LogP contribution in [0.4, 0.5) is 5.69 Å². The van der Waals surface area contributed by atoms with Gasteiger partial charge in [0.2, 0.25) is 10.0 Å². The molecule has 0 aliphatic heterocycles. The van der Waals surface area contributed by atoms with Gasteiger partial charge in [-0.05, 0) is 52.1 Å². The molecule has 114 valence electrons. The average Bonchev–Trinajstić information content (AvgIpc) is 2.36. The van der Waals surface area contributed by atoms with Crippen LogP contribution in [-0.2, 0) is 16.4 Å². The second-order valence-corrected chi connectivity index (χ2v) is 7.49. The molecular formula is C14H25N3O2S. The van der Waals surface area contributed by atoms with Crippen molar-refractivity contribution < 1.29 is 8.42 Å². The molecular weight excluding hydrogens is 274 g/mol. The van der Waals surface area contributed by atoms with Crippen LogP contribution in [0, 0.1) is 0 Å². The fraction of sp³-hybridized carbons (Fsp3) is 0.571. The molecule has 0 saturated heterocycles. The summed E-state index contributed by atoms with van der Waals surface area (Å²) in [6, 6.07) is 5.01. The van der Waals surface area contributed by atoms with Crippen LogP contribution in [0.1, 0.15) is 26.3 Å². The SMILES string of the molecule is CCc1ccc(N)cc1S(=O)(=O)NCC(C)(C)N(C)C. The summed E-state index contributed by atoms with van der Waals surface area (Å²) in [5, 5.41) is 0. The van der Waals surface area contributed by atoms with Crippen molar-refractivity contribution in [2.24, 2.45) is 0 Å². The van der Waals surface area contributed by atoms with Crippen LogP contribution in [0.15, 0.2) is 23.1 Å². The van der Waals surface area contributed by atoms with Gasteiger partial charge in [0.15, 0.2) is 0 Å². The zero-order valence-corrected chi connectivity index (χ0v) is 13.7. The summed E-state index contributed by atoms with van der Waals surface area (Å²) in [6.45, 7) is 6.22. The van der Waals surface area contributed by atoms with Crippen LogP contribution in [0.3, 0.4) is 0 Å². The minimum Gasteiger partial charge on any atom is -0.399 e. The summed E-state index contributed by atoms with van der Waals surface area (Å²) in [4.78, 5) is 2.25. The van der Waals surface area contributed by atoms with Crippen LogP contribution in [0.5, 0.6) is 0 Å². The Morgan fingerprint density at radius 3 is 2.40 bits per heavy atom. The Bertz CT molecular complexity index is 566. The van der Waals surface area contributed by atoms with Gasteiger partial charge in [-0.25, -0.2) is 13.1 Å². The number of sulfonamides is 1. The van der Waals surface area contributed by atoms with Crippen LogP contribution in [0.25, 0.3) is 0 Å². The van der Waals surface area contributed by atoms with E-state index in [1.807, 2.05) is 39.8 Å². The maximum absolute atomic E-state index is 12.4. The molecule has 1 aromatic rings. The van der Waals surface area contributed by atoms with E-state index in [0.29, 0.717) is 18.7 Å². The Morgan fingerprint density at radius 2 is 1.90 bits per heavy atom. The number of benzene rings is 1. The van der Waals surface area contributed by atoms with Crippen molar-refractivity contribution in [3.8, 4) is 0 Å². The molecule has 0 fully saturated rings. The molecule has 5 nitrogen and oxygen atoms in total. The van der Waals surface area contributed by atoms with Gasteiger partial charge in [-0.2, -0.15) is 0 Å². The number of hydrogen-bond acceptors (Lipinski definition) is 4. The van der Waals surface area contributed by atoms with E-state index in [1.165, 1.54) is 6.07 Å². The van der Waals surface area contributed by atoms with E-state index in [4.69, 9.17) is 5.73 Å². The predicted molar refractivity (Wildman–Crippen MR) is 83.2 cm³/mol. The number of rotatable bonds is 6. The van der Waals surface area contributed by atoms with Crippen molar-refractivity contribution in [1.29, 1.82) is 0 Å². The van der Waals surface area contributed by atoms with Crippen molar-refractivity contribution in [2.75, 3.05) is 26.4 Å². The summed E-state index contributed by atoms with van der Waals surface area (Å²) < 4.78 is 27.6. The van der Waals surface area contributed by atoms with E-state index < -0.39 is 10.0 Å². The molecule has 1 rings (SSSR count). The first-order chi connectivity index (χ1) is 9.10. The molecule has 0 unspecified atom stereocenters. The molecule has 0 heterocycles. The van der Waals surface area contributed by atoms with Gasteiger partial charge in [0.25, 0.3) is 0 Å². The third-order valence-corrected chi connectivity index (χ3v) is 5.15. The predicted octanol–water partition coefficient (Wildman–Crippen LogP) is 1.45. The zero-order valence-electron chi connectivity index (χ0n) is 12.9. The van der Waals surface area contributed by atoms with Crippen molar-refractivity contribution in [2.45, 2.75) is 37.6 Å². The maximum atomic E-state index is 12.4. The highest BCUT2D eigenvalue weighted by atomic mass is 32.2. The van der Waals surface area contributed by atoms with Gasteiger partial charge in [0.1, 0.15) is 0 Å². The van der Waals surface area contributed by atoms with Crippen LogP contribution < -0.4 is 10.5 Å². The van der Waals surface area contributed by atoms with E-state index in [-0.39, 0.29) is 10.4 Å². The second kappa shape index (κ2) is 6.11. The van der Waals surface area contributed by atoms with Gasteiger partial charge in [-0.1, -0.05) is 13.0 Å². The first-order valence-electron chi connectivity index (χ1n) is 6.65. The third kappa shape index (κ3) is 3.94. The summed E-state index contributed by atoms with van der Waals surface area (Å²) in [5.74, 6) is 0. The van der Waals surface area contributed by atoms with E-state index in [1.54, 1.807) is 12.1 Å². The van der Waals surface area contributed by atoms with Crippen molar-refractivity contribution in [3.63, 3.8) is 0 Å². The van der Waals surface area contributed by atoms with Gasteiger partial charge < -0.3 is 10.6 Å². The van der Waals surface area contributed by atoms with Crippen LogP contribution in [-0.4, -0.2) is 39.5 Å². The number of hydrogen-bond donors (Lipinski definition) is 2. The molecule has 0 spiro atoms. The van der Waals surface area contributed by atoms with Gasteiger partial charge >= 0.3 is 0 Å². The lowest BCUT2D eigenvalue weighted by Gasteiger charge is -2.32. The smallest absolute Gasteiger partial charge is 0.240 e. The highest BCUT2D eigenvalue weighted by molar-refractivity contribution is 7.89. The molecule has 0 amide bonds. The number of nitrogens with two attached hydrogens (primary N) is 1. The highest BCUT2D eigenvalue weighted by Crippen LogP contribution is 2.20. The van der Waals surface area contributed by atoms with Gasteiger partial charge in [-0.15, -0.1) is 0 Å². The largest absolute Gasteiger partial charge is 0.399 e. The number of nitrogens with zero attached hydrogens (tertiary/aromatic N) is 1. The molecule has 1 aromatic carbocycles. The Balaban J connectivity index is 3.03. The molecule has 0 aliphatic rings. The monoisotopic (exact) mass is 299 g/mol. The summed E-state index contributed by atoms with van der Waals surface area (Å²) >= 11 is 0. The molecule has 0 aromatic heterocycles. The van der Waals surface area contributed by atoms with Gasteiger partial charge in [0.05, 0.1) is 4.90 Å². The number of aryl methyl sites for hydroxylation is 1. The number of nitrogen functional groups attached to an aromatic ring is 1. The minimum atomic E-state index is -3.55. The Hall–Kier alpha value is -1.11. The second-order valence-electron chi connectivity index (χ2n) is 5.75. The maximum Gasteiger partial charge on any atom is 0.240 e. The summed E-state index contributed by atoms with van der Waals surface area (Å²) in [7, 11) is 0.297. The number of nitrogens with one attached hydrogen (secondary N) is 1. The van der Waals surface area contributed by atoms with E-state index in [9.17, 15) is 8.42 Å². The molecule has 6 heteroatoms. The van der Waals surface area contributed by atoms with Gasteiger partial charge in [-0.3, -0.25) is 0 Å². The lowest BCUT2D eigenvalue weighted by atomic mass is 10.1. The van der Waals surface area contributed by atoms with Crippen molar-refractivity contribution in [3.05, 3.63) is 23.8 Å². The highest BCUT2D eigenvalue weighted by Gasteiger charge is 2.25. The molecule has 0 bridgehead atoms. The number of likely N-dealkylation sites (N-methyl/N-ethyl adjacent to an activating group) is 1. The lowest BCUT2D eigenvalue weighted by Crippen LogP contribution is -2.48. The average molecular weight is 299 g/mol. The molecule has 20 heavy (non-hydrogen) atoms. The van der Waals surface area contributed by atoms with Crippen LogP contribution >= 0.6 is 0 Å². The van der Waals surface area contributed by atoms with E-state index in [2.05, 4.69) is 4.72 Å². The molecule has 0 aliphatic carbocycles. The molecule has 3 N–H and O–H groups in total. The summed E-state index contributed by atoms with van der Waals surface area (Å²) in [6.07, 6.45) is 0.646. The standard InChI is InChI=1S/C14H25N3O2S/c1-6-11-7-8-12(15)9-13(11)20(18,19)16-10-14(2,3)17(4)5/h7-9,16H,6,10,15H2,1-5H3. The summed E-state index contributed by atoms with van der Waals surface area (Å²) in [5.41, 5.74) is 6.67. The lowest BCUT2D eigenvalue weighted by molar-refractivity contribution is 0.199. The molecule has 0 atom stereocenters. The van der Waals surface area contributed by atoms with E-state index >= 15 is 0 Å². The molecule has 0 radical (unpaired) electrons.